The Hall–Kier alpha value is -0.810. The van der Waals surface area contributed by atoms with E-state index in [0.29, 0.717) is 5.92 Å². The number of nitrogens with one attached hydrogen (secondary N) is 1. The third-order valence-corrected chi connectivity index (χ3v) is 5.74. The molecular formula is C17H33N3O2. The number of urea groups is 1. The summed E-state index contributed by atoms with van der Waals surface area (Å²) in [6, 6.07) is 0.0656. The summed E-state index contributed by atoms with van der Waals surface area (Å²) in [5.74, 6) is 1.10. The average molecular weight is 311 g/mol. The van der Waals surface area contributed by atoms with Crippen molar-refractivity contribution in [2.75, 3.05) is 40.3 Å². The minimum absolute atomic E-state index is 0.0656. The molecule has 22 heavy (non-hydrogen) atoms. The second-order valence-electron chi connectivity index (χ2n) is 7.59. The van der Waals surface area contributed by atoms with Gasteiger partial charge in [0.1, 0.15) is 0 Å². The topological polar surface area (TPSA) is 55.8 Å². The van der Waals surface area contributed by atoms with Crippen molar-refractivity contribution in [1.29, 1.82) is 0 Å². The van der Waals surface area contributed by atoms with Crippen molar-refractivity contribution in [2.24, 2.45) is 11.8 Å². The van der Waals surface area contributed by atoms with E-state index >= 15 is 0 Å². The molecule has 0 aromatic heterocycles. The van der Waals surface area contributed by atoms with Gasteiger partial charge in [0.05, 0.1) is 0 Å². The molecule has 1 saturated carbocycles. The smallest absolute Gasteiger partial charge is 0.317 e. The van der Waals surface area contributed by atoms with Gasteiger partial charge in [0.15, 0.2) is 0 Å². The molecule has 0 aromatic carbocycles. The fourth-order valence-electron chi connectivity index (χ4n) is 4.03. The van der Waals surface area contributed by atoms with Crippen molar-refractivity contribution in [3.63, 3.8) is 0 Å². The van der Waals surface area contributed by atoms with Crippen LogP contribution in [0.4, 0.5) is 4.79 Å². The maximum absolute atomic E-state index is 12.4. The van der Waals surface area contributed by atoms with Crippen LogP contribution in [0.3, 0.4) is 0 Å². The van der Waals surface area contributed by atoms with Gasteiger partial charge >= 0.3 is 6.03 Å². The molecule has 5 nitrogen and oxygen atoms in total. The van der Waals surface area contributed by atoms with Crippen molar-refractivity contribution in [2.45, 2.75) is 51.0 Å². The number of hydrogen-bond acceptors (Lipinski definition) is 3. The van der Waals surface area contributed by atoms with E-state index in [4.69, 9.17) is 0 Å². The maximum atomic E-state index is 12.4. The van der Waals surface area contributed by atoms with E-state index in [9.17, 15) is 9.90 Å². The molecule has 2 rings (SSSR count). The summed E-state index contributed by atoms with van der Waals surface area (Å²) >= 11 is 0. The number of hydrogen-bond donors (Lipinski definition) is 2. The molecule has 0 aromatic rings. The van der Waals surface area contributed by atoms with Crippen LogP contribution in [0, 0.1) is 11.8 Å². The van der Waals surface area contributed by atoms with Crippen LogP contribution in [0.2, 0.25) is 0 Å². The highest BCUT2D eigenvalue weighted by atomic mass is 16.3. The van der Waals surface area contributed by atoms with Crippen LogP contribution in [0.15, 0.2) is 0 Å². The molecule has 1 aliphatic carbocycles. The van der Waals surface area contributed by atoms with Crippen LogP contribution in [0.25, 0.3) is 0 Å². The number of likely N-dealkylation sites (N-methyl/N-ethyl adjacent to an activating group) is 1. The third-order valence-electron chi connectivity index (χ3n) is 5.74. The van der Waals surface area contributed by atoms with E-state index in [1.807, 2.05) is 4.90 Å². The van der Waals surface area contributed by atoms with Crippen molar-refractivity contribution in [3.05, 3.63) is 0 Å². The second-order valence-corrected chi connectivity index (χ2v) is 7.59. The summed E-state index contributed by atoms with van der Waals surface area (Å²) in [5, 5.41) is 12.4. The number of aliphatic hydroxyl groups excluding tert-OH is 1. The number of piperidine rings is 1. The molecule has 1 saturated heterocycles. The maximum Gasteiger partial charge on any atom is 0.317 e. The van der Waals surface area contributed by atoms with Gasteiger partial charge in [-0.15, -0.1) is 0 Å². The van der Waals surface area contributed by atoms with E-state index in [2.05, 4.69) is 31.2 Å². The van der Waals surface area contributed by atoms with Crippen molar-refractivity contribution < 1.29 is 9.90 Å². The van der Waals surface area contributed by atoms with Crippen LogP contribution in [-0.4, -0.2) is 66.8 Å². The number of nitrogens with zero attached hydrogens (tertiary/aromatic N) is 2. The Balaban J connectivity index is 1.86. The molecule has 2 fully saturated rings. The normalized spacial score (nSPS) is 30.6. The van der Waals surface area contributed by atoms with Gasteiger partial charge in [-0.1, -0.05) is 19.8 Å². The first kappa shape index (κ1) is 17.5. The van der Waals surface area contributed by atoms with Crippen molar-refractivity contribution in [1.82, 2.24) is 15.1 Å². The Morgan fingerprint density at radius 1 is 1.32 bits per heavy atom. The molecule has 0 radical (unpaired) electrons. The Morgan fingerprint density at radius 2 is 2.00 bits per heavy atom. The fourth-order valence-corrected chi connectivity index (χ4v) is 4.03. The molecule has 1 aliphatic heterocycles. The van der Waals surface area contributed by atoms with Gasteiger partial charge in [0.2, 0.25) is 0 Å². The standard InChI is InChI=1S/C17H33N3O2/c1-14-5-4-8-17(11-14,19(2)3)13-18-16(22)20-9-6-15(12-21)7-10-20/h14-15,21H,4-13H2,1-3H3,(H,18,22). The van der Waals surface area contributed by atoms with Gasteiger partial charge in [-0.2, -0.15) is 0 Å². The highest BCUT2D eigenvalue weighted by Crippen LogP contribution is 2.35. The lowest BCUT2D eigenvalue weighted by Crippen LogP contribution is -2.57. The minimum atomic E-state index is 0.0656. The Labute approximate surface area is 135 Å². The predicted molar refractivity (Wildman–Crippen MR) is 88.8 cm³/mol. The van der Waals surface area contributed by atoms with Crippen LogP contribution in [0.1, 0.15) is 45.4 Å². The third kappa shape index (κ3) is 4.13. The highest BCUT2D eigenvalue weighted by molar-refractivity contribution is 5.74. The van der Waals surface area contributed by atoms with Crippen LogP contribution >= 0.6 is 0 Å². The van der Waals surface area contributed by atoms with Gasteiger partial charge in [-0.25, -0.2) is 4.79 Å². The zero-order valence-electron chi connectivity index (χ0n) is 14.5. The van der Waals surface area contributed by atoms with Crippen LogP contribution < -0.4 is 5.32 Å². The Morgan fingerprint density at radius 3 is 2.55 bits per heavy atom. The summed E-state index contributed by atoms with van der Waals surface area (Å²) in [7, 11) is 4.27. The quantitative estimate of drug-likeness (QED) is 0.834. The van der Waals surface area contributed by atoms with Crippen LogP contribution in [-0.2, 0) is 0 Å². The molecule has 1 heterocycles. The number of rotatable bonds is 4. The van der Waals surface area contributed by atoms with E-state index < -0.39 is 0 Å². The molecule has 2 aliphatic rings. The van der Waals surface area contributed by atoms with Gasteiger partial charge in [0.25, 0.3) is 0 Å². The van der Waals surface area contributed by atoms with E-state index in [1.165, 1.54) is 12.8 Å². The number of carbonyl (C=O) groups is 1. The molecule has 0 bridgehead atoms. The largest absolute Gasteiger partial charge is 0.396 e. The van der Waals surface area contributed by atoms with E-state index in [0.717, 1.165) is 51.2 Å². The predicted octanol–water partition coefficient (Wildman–Crippen LogP) is 1.91. The lowest BCUT2D eigenvalue weighted by Gasteiger charge is -2.45. The molecule has 2 amide bonds. The second kappa shape index (κ2) is 7.64. The molecule has 2 atom stereocenters. The first-order chi connectivity index (χ1) is 10.5. The summed E-state index contributed by atoms with van der Waals surface area (Å²) in [6.07, 6.45) is 6.71. The van der Waals surface area contributed by atoms with Gasteiger partial charge in [-0.05, 0) is 51.6 Å². The Bertz CT molecular complexity index is 367. The highest BCUT2D eigenvalue weighted by Gasteiger charge is 2.37. The fraction of sp³-hybridized carbons (Fsp3) is 0.941. The number of aliphatic hydroxyl groups is 1. The monoisotopic (exact) mass is 311 g/mol. The minimum Gasteiger partial charge on any atom is -0.396 e. The molecular weight excluding hydrogens is 278 g/mol. The lowest BCUT2D eigenvalue weighted by molar-refractivity contribution is 0.0737. The lowest BCUT2D eigenvalue weighted by atomic mass is 9.75. The zero-order valence-corrected chi connectivity index (χ0v) is 14.5. The van der Waals surface area contributed by atoms with Gasteiger partial charge in [0, 0.05) is 31.8 Å². The molecule has 128 valence electrons. The number of amides is 2. The molecule has 2 unspecified atom stereocenters. The average Bonchev–Trinajstić information content (AvgIpc) is 2.52. The number of likely N-dealkylation sites (tertiary alicyclic amines) is 1. The SMILES string of the molecule is CC1CCCC(CNC(=O)N2CCC(CO)CC2)(N(C)C)C1. The molecule has 2 N–H and O–H groups in total. The summed E-state index contributed by atoms with van der Waals surface area (Å²) in [5.41, 5.74) is 0.108. The van der Waals surface area contributed by atoms with Gasteiger partial charge in [-0.3, -0.25) is 0 Å². The summed E-state index contributed by atoms with van der Waals surface area (Å²) in [4.78, 5) is 16.6. The van der Waals surface area contributed by atoms with Crippen molar-refractivity contribution >= 4 is 6.03 Å². The van der Waals surface area contributed by atoms with Crippen molar-refractivity contribution in [3.8, 4) is 0 Å². The molecule has 0 spiro atoms. The first-order valence-electron chi connectivity index (χ1n) is 8.78. The summed E-state index contributed by atoms with van der Waals surface area (Å²) < 4.78 is 0. The van der Waals surface area contributed by atoms with E-state index in [1.54, 1.807) is 0 Å². The zero-order chi connectivity index (χ0) is 16.2. The first-order valence-corrected chi connectivity index (χ1v) is 8.78. The summed E-state index contributed by atoms with van der Waals surface area (Å²) in [6.45, 7) is 4.84. The molecule has 5 heteroatoms. The Kier molecular flexibility index (Phi) is 6.09. The van der Waals surface area contributed by atoms with E-state index in [-0.39, 0.29) is 18.2 Å². The number of carbonyl (C=O) groups excluding carboxylic acids is 1. The van der Waals surface area contributed by atoms with Gasteiger partial charge < -0.3 is 20.2 Å². The van der Waals surface area contributed by atoms with Crippen LogP contribution in [0.5, 0.6) is 0 Å².